The molecule has 1 aromatic rings. The van der Waals surface area contributed by atoms with Crippen LogP contribution in [0, 0.1) is 17.2 Å². The number of carbonyl (C=O) groups excluding carboxylic acids is 3. The van der Waals surface area contributed by atoms with Crippen molar-refractivity contribution in [1.29, 1.82) is 5.26 Å². The van der Waals surface area contributed by atoms with Crippen molar-refractivity contribution in [1.82, 2.24) is 25.3 Å². The summed E-state index contributed by atoms with van der Waals surface area (Å²) in [5.41, 5.74) is 0.982. The number of rotatable bonds is 10. The summed E-state index contributed by atoms with van der Waals surface area (Å²) in [4.78, 5) is 44.4. The molecule has 1 atom stereocenters. The lowest BCUT2D eigenvalue weighted by Gasteiger charge is -2.36. The Morgan fingerprint density at radius 1 is 0.973 bits per heavy atom. The molecular weight excluding hydrogens is 474 g/mol. The number of hydrogen-bond donors (Lipinski definition) is 3. The van der Waals surface area contributed by atoms with E-state index in [0.717, 1.165) is 52.5 Å². The average Bonchev–Trinajstić information content (AvgIpc) is 2.91. The van der Waals surface area contributed by atoms with Crippen molar-refractivity contribution in [2.75, 3.05) is 77.4 Å². The minimum atomic E-state index is -0.729. The summed E-state index contributed by atoms with van der Waals surface area (Å²) in [5, 5.41) is 16.9. The Kier molecular flexibility index (Phi) is 11.1. The molecule has 2 aliphatic rings. The van der Waals surface area contributed by atoms with Crippen molar-refractivity contribution >= 4 is 23.5 Å². The second kappa shape index (κ2) is 14.5. The van der Waals surface area contributed by atoms with E-state index in [0.29, 0.717) is 30.8 Å². The van der Waals surface area contributed by atoms with Gasteiger partial charge in [-0.3, -0.25) is 19.4 Å². The number of nitrogens with one attached hydrogen (secondary N) is 3. The normalized spacial score (nSPS) is 17.6. The summed E-state index contributed by atoms with van der Waals surface area (Å²) in [6.45, 7) is 12.4. The van der Waals surface area contributed by atoms with Crippen molar-refractivity contribution < 1.29 is 19.1 Å². The molecule has 3 rings (SSSR count). The number of benzene rings is 1. The first-order valence-corrected chi connectivity index (χ1v) is 13.0. The topological polar surface area (TPSA) is 130 Å². The van der Waals surface area contributed by atoms with Crippen molar-refractivity contribution in [2.45, 2.75) is 26.3 Å². The molecule has 2 fully saturated rings. The van der Waals surface area contributed by atoms with E-state index in [2.05, 4.69) is 25.8 Å². The molecule has 1 aromatic carbocycles. The van der Waals surface area contributed by atoms with Crippen LogP contribution in [0.2, 0.25) is 0 Å². The Morgan fingerprint density at radius 2 is 1.59 bits per heavy atom. The number of piperazine rings is 1. The van der Waals surface area contributed by atoms with Crippen LogP contribution in [0.5, 0.6) is 0 Å². The maximum Gasteiger partial charge on any atom is 0.321 e. The third-order valence-electron chi connectivity index (χ3n) is 6.56. The fourth-order valence-corrected chi connectivity index (χ4v) is 4.38. The summed E-state index contributed by atoms with van der Waals surface area (Å²) in [5.74, 6) is -0.583. The number of morpholine rings is 1. The van der Waals surface area contributed by atoms with Crippen LogP contribution in [0.1, 0.15) is 30.6 Å². The van der Waals surface area contributed by atoms with Crippen molar-refractivity contribution in [3.63, 3.8) is 0 Å². The Labute approximate surface area is 219 Å². The molecule has 0 saturated carbocycles. The second-order valence-electron chi connectivity index (χ2n) is 9.82. The molecule has 0 bridgehead atoms. The quantitative estimate of drug-likeness (QED) is 0.397. The van der Waals surface area contributed by atoms with Crippen LogP contribution >= 0.6 is 0 Å². The molecule has 0 spiro atoms. The molecular formula is C26H39N7O4. The third kappa shape index (κ3) is 9.31. The summed E-state index contributed by atoms with van der Waals surface area (Å²) in [6.07, 6.45) is 0.456. The first-order chi connectivity index (χ1) is 17.9. The van der Waals surface area contributed by atoms with Gasteiger partial charge in [-0.1, -0.05) is 13.8 Å². The van der Waals surface area contributed by atoms with E-state index in [1.165, 1.54) is 0 Å². The number of nitriles is 1. The van der Waals surface area contributed by atoms with Gasteiger partial charge in [0.2, 0.25) is 5.91 Å². The predicted octanol–water partition coefficient (Wildman–Crippen LogP) is 0.953. The molecule has 37 heavy (non-hydrogen) atoms. The lowest BCUT2D eigenvalue weighted by molar-refractivity contribution is -0.123. The molecule has 11 heteroatoms. The van der Waals surface area contributed by atoms with Gasteiger partial charge in [0.15, 0.2) is 0 Å². The molecule has 0 aromatic heterocycles. The first kappa shape index (κ1) is 28.4. The van der Waals surface area contributed by atoms with E-state index in [1.807, 2.05) is 24.8 Å². The van der Waals surface area contributed by atoms with Gasteiger partial charge in [0.05, 0.1) is 19.3 Å². The van der Waals surface area contributed by atoms with E-state index in [4.69, 9.17) is 10.00 Å². The first-order valence-electron chi connectivity index (χ1n) is 13.0. The van der Waals surface area contributed by atoms with E-state index >= 15 is 0 Å². The highest BCUT2D eigenvalue weighted by molar-refractivity contribution is 5.98. The van der Waals surface area contributed by atoms with Crippen LogP contribution in [-0.4, -0.2) is 111 Å². The highest BCUT2D eigenvalue weighted by Crippen LogP contribution is 2.13. The van der Waals surface area contributed by atoms with E-state index < -0.39 is 6.04 Å². The van der Waals surface area contributed by atoms with Crippen LogP contribution < -0.4 is 16.0 Å². The summed E-state index contributed by atoms with van der Waals surface area (Å²) in [6, 6.07) is 7.58. The Balaban J connectivity index is 1.44. The van der Waals surface area contributed by atoms with Gasteiger partial charge in [-0.2, -0.15) is 5.26 Å². The molecule has 2 saturated heterocycles. The SMILES string of the molecule is CC(C)CC(NC(=O)c1ccc(NC(=O)N2CCN(CCN3CCOCC3)CC2)cc1)C(=O)NCC#N. The van der Waals surface area contributed by atoms with Crippen LogP contribution in [0.3, 0.4) is 0 Å². The largest absolute Gasteiger partial charge is 0.379 e. The lowest BCUT2D eigenvalue weighted by atomic mass is 10.0. The maximum atomic E-state index is 12.7. The van der Waals surface area contributed by atoms with Crippen LogP contribution in [-0.2, 0) is 9.53 Å². The van der Waals surface area contributed by atoms with E-state index in [1.54, 1.807) is 24.3 Å². The maximum absolute atomic E-state index is 12.7. The highest BCUT2D eigenvalue weighted by atomic mass is 16.5. The predicted molar refractivity (Wildman–Crippen MR) is 140 cm³/mol. The van der Waals surface area contributed by atoms with Gasteiger partial charge >= 0.3 is 6.03 Å². The van der Waals surface area contributed by atoms with Gasteiger partial charge in [-0.05, 0) is 36.6 Å². The number of hydrogen-bond acceptors (Lipinski definition) is 7. The number of urea groups is 1. The fourth-order valence-electron chi connectivity index (χ4n) is 4.38. The molecule has 1 unspecified atom stereocenters. The van der Waals surface area contributed by atoms with Crippen LogP contribution in [0.15, 0.2) is 24.3 Å². The molecule has 0 aliphatic carbocycles. The van der Waals surface area contributed by atoms with Gasteiger partial charge < -0.3 is 25.6 Å². The average molecular weight is 514 g/mol. The van der Waals surface area contributed by atoms with Crippen molar-refractivity contribution in [3.8, 4) is 6.07 Å². The van der Waals surface area contributed by atoms with Gasteiger partial charge in [-0.25, -0.2) is 4.79 Å². The number of amides is 4. The number of ether oxygens (including phenoxy) is 1. The van der Waals surface area contributed by atoms with Crippen LogP contribution in [0.4, 0.5) is 10.5 Å². The van der Waals surface area contributed by atoms with E-state index in [9.17, 15) is 14.4 Å². The number of anilines is 1. The number of nitrogens with zero attached hydrogens (tertiary/aromatic N) is 4. The van der Waals surface area contributed by atoms with Crippen molar-refractivity contribution in [3.05, 3.63) is 29.8 Å². The van der Waals surface area contributed by atoms with Crippen LogP contribution in [0.25, 0.3) is 0 Å². The van der Waals surface area contributed by atoms with Gasteiger partial charge in [0.1, 0.15) is 12.6 Å². The number of carbonyl (C=O) groups is 3. The summed E-state index contributed by atoms with van der Waals surface area (Å²) < 4.78 is 5.40. The molecule has 4 amide bonds. The Morgan fingerprint density at radius 3 is 2.19 bits per heavy atom. The molecule has 3 N–H and O–H groups in total. The third-order valence-corrected chi connectivity index (χ3v) is 6.56. The minimum Gasteiger partial charge on any atom is -0.379 e. The zero-order chi connectivity index (χ0) is 26.6. The van der Waals surface area contributed by atoms with Gasteiger partial charge in [0, 0.05) is 63.6 Å². The fraction of sp³-hybridized carbons (Fsp3) is 0.615. The van der Waals surface area contributed by atoms with Crippen molar-refractivity contribution in [2.24, 2.45) is 5.92 Å². The van der Waals surface area contributed by atoms with Gasteiger partial charge in [0.25, 0.3) is 5.91 Å². The smallest absolute Gasteiger partial charge is 0.321 e. The molecule has 2 heterocycles. The lowest BCUT2D eigenvalue weighted by Crippen LogP contribution is -2.51. The highest BCUT2D eigenvalue weighted by Gasteiger charge is 2.24. The second-order valence-corrected chi connectivity index (χ2v) is 9.82. The standard InChI is InChI=1S/C26H39N7O4/c1-20(2)19-23(25(35)28-8-7-27)30-24(34)21-3-5-22(6-4-21)29-26(36)33-13-11-31(12-14-33)9-10-32-15-17-37-18-16-32/h3-6,20,23H,8-19H2,1-2H3,(H,28,35)(H,29,36)(H,30,34). The Bertz CT molecular complexity index is 933. The summed E-state index contributed by atoms with van der Waals surface area (Å²) >= 11 is 0. The minimum absolute atomic E-state index is 0.110. The zero-order valence-electron chi connectivity index (χ0n) is 21.9. The molecule has 0 radical (unpaired) electrons. The zero-order valence-corrected chi connectivity index (χ0v) is 21.9. The summed E-state index contributed by atoms with van der Waals surface area (Å²) in [7, 11) is 0. The molecule has 2 aliphatic heterocycles. The molecule has 202 valence electrons. The monoisotopic (exact) mass is 513 g/mol. The Hall–Kier alpha value is -3.20. The van der Waals surface area contributed by atoms with Gasteiger partial charge in [-0.15, -0.1) is 0 Å². The molecule has 11 nitrogen and oxygen atoms in total. The van der Waals surface area contributed by atoms with E-state index in [-0.39, 0.29) is 30.3 Å².